The third-order valence-corrected chi connectivity index (χ3v) is 12.3. The number of rotatable bonds is 37. The molecule has 7 N–H and O–H groups in total. The summed E-state index contributed by atoms with van der Waals surface area (Å²) < 4.78 is 27.0. The number of guanidine groups is 1. The largest absolute Gasteiger partial charge is 0.461 e. The fourth-order valence-electron chi connectivity index (χ4n) is 8.60. The molecule has 2 heterocycles. The highest BCUT2D eigenvalue weighted by atomic mass is 16.7. The van der Waals surface area contributed by atoms with Gasteiger partial charge in [-0.3, -0.25) is 33.6 Å². The Balaban J connectivity index is 1.58. The molecule has 0 bridgehead atoms. The van der Waals surface area contributed by atoms with Gasteiger partial charge in [-0.25, -0.2) is 15.1 Å². The zero-order valence-corrected chi connectivity index (χ0v) is 42.4. The van der Waals surface area contributed by atoms with Crippen molar-refractivity contribution in [2.75, 3.05) is 85.6 Å². The monoisotopic (exact) mass is 1020 g/mol. The van der Waals surface area contributed by atoms with Gasteiger partial charge in [0.15, 0.2) is 16.6 Å². The van der Waals surface area contributed by atoms with E-state index in [0.29, 0.717) is 71.4 Å². The van der Waals surface area contributed by atoms with Crippen LogP contribution in [0.1, 0.15) is 103 Å². The number of nitrogens with one attached hydrogen (secondary N) is 3. The number of nitrogens with two attached hydrogens (primary N) is 2. The molecule has 0 saturated carbocycles. The van der Waals surface area contributed by atoms with Gasteiger partial charge in [0.1, 0.15) is 25.9 Å². The normalized spacial score (nSPS) is 17.0. The number of aliphatic imine (C=N–C) groups is 1. The summed E-state index contributed by atoms with van der Waals surface area (Å²) >= 11 is 0. The number of hydrazine groups is 1. The van der Waals surface area contributed by atoms with Crippen molar-refractivity contribution >= 4 is 47.1 Å². The number of likely N-dealkylation sites (tertiary alicyclic amines) is 2. The van der Waals surface area contributed by atoms with Crippen LogP contribution in [0.15, 0.2) is 35.3 Å². The molecule has 2 fully saturated rings. The van der Waals surface area contributed by atoms with Crippen molar-refractivity contribution in [2.45, 2.75) is 123 Å². The first-order valence-electron chi connectivity index (χ1n) is 25.3. The summed E-state index contributed by atoms with van der Waals surface area (Å²) in [6.07, 6.45) is 4.75. The molecular formula is C49H79N9O14. The van der Waals surface area contributed by atoms with Crippen LogP contribution in [0, 0.1) is 27.9 Å². The number of hydrogen-bond donors (Lipinski definition) is 5. The van der Waals surface area contributed by atoms with E-state index in [4.69, 9.17) is 35.2 Å². The van der Waals surface area contributed by atoms with Crippen LogP contribution in [-0.2, 0) is 63.9 Å². The second kappa shape index (κ2) is 34.7. The summed E-state index contributed by atoms with van der Waals surface area (Å²) in [5.74, 6) is -5.03. The number of amides is 4. The molecule has 3 rings (SSSR count). The van der Waals surface area contributed by atoms with Crippen LogP contribution in [0.3, 0.4) is 0 Å². The summed E-state index contributed by atoms with van der Waals surface area (Å²) in [5.41, 5.74) is 13.4. The molecule has 2 saturated heterocycles. The fourth-order valence-corrected chi connectivity index (χ4v) is 8.60. The Kier molecular flexibility index (Phi) is 29.2. The van der Waals surface area contributed by atoms with E-state index in [-0.39, 0.29) is 120 Å². The third-order valence-electron chi connectivity index (χ3n) is 12.3. The van der Waals surface area contributed by atoms with Gasteiger partial charge in [-0.05, 0) is 56.4 Å². The van der Waals surface area contributed by atoms with Crippen molar-refractivity contribution in [1.29, 1.82) is 0 Å². The van der Waals surface area contributed by atoms with E-state index in [9.17, 15) is 43.7 Å². The Labute approximate surface area is 422 Å². The van der Waals surface area contributed by atoms with Gasteiger partial charge in [0.25, 0.3) is 5.96 Å². The van der Waals surface area contributed by atoms with Crippen LogP contribution in [-0.4, -0.2) is 166 Å². The molecule has 0 radical (unpaired) electrons. The minimum absolute atomic E-state index is 0.0104. The van der Waals surface area contributed by atoms with Crippen molar-refractivity contribution in [3.8, 4) is 0 Å². The van der Waals surface area contributed by atoms with Crippen LogP contribution < -0.4 is 27.5 Å². The third kappa shape index (κ3) is 22.9. The molecule has 5 unspecified atom stereocenters. The van der Waals surface area contributed by atoms with Gasteiger partial charge in [0.05, 0.1) is 57.6 Å². The lowest BCUT2D eigenvalue weighted by Crippen LogP contribution is -2.52. The summed E-state index contributed by atoms with van der Waals surface area (Å²) in [6, 6.07) is 6.50. The molecule has 0 aliphatic carbocycles. The SMILES string of the molecule is CCCCCC(CC(=O)C(NC(=O)COCCOCCNC(=O)COCCOCCN)C(C)C)C(=O)N1CCCC1C(=O)N1CCCC1C(=O)CC(CCCN=C(N)N[N+](=O)[O-])C(=O)OCc1ccccc1. The number of carbonyl (C=O) groups is 7. The van der Waals surface area contributed by atoms with Crippen molar-refractivity contribution < 1.29 is 62.3 Å². The summed E-state index contributed by atoms with van der Waals surface area (Å²) in [6.45, 7) is 8.03. The average Bonchev–Trinajstić information content (AvgIpc) is 4.06. The Bertz CT molecular complexity index is 1890. The van der Waals surface area contributed by atoms with Crippen LogP contribution in [0.5, 0.6) is 0 Å². The Morgan fingerprint density at radius 3 is 2.11 bits per heavy atom. The lowest BCUT2D eigenvalue weighted by molar-refractivity contribution is -0.525. The van der Waals surface area contributed by atoms with Gasteiger partial charge in [-0.15, -0.1) is 0 Å². The molecule has 23 nitrogen and oxygen atoms in total. The number of ketones is 2. The van der Waals surface area contributed by atoms with E-state index in [1.54, 1.807) is 36.3 Å². The second-order valence-electron chi connectivity index (χ2n) is 18.2. The van der Waals surface area contributed by atoms with Crippen molar-refractivity contribution in [3.05, 3.63) is 46.0 Å². The molecular weight excluding hydrogens is 939 g/mol. The minimum atomic E-state index is -0.895. The highest BCUT2D eigenvalue weighted by molar-refractivity contribution is 5.97. The Hall–Kier alpha value is -5.62. The van der Waals surface area contributed by atoms with Crippen molar-refractivity contribution in [2.24, 2.45) is 34.2 Å². The van der Waals surface area contributed by atoms with E-state index in [2.05, 4.69) is 15.6 Å². The maximum Gasteiger partial charge on any atom is 0.309 e. The number of benzene rings is 1. The van der Waals surface area contributed by atoms with E-state index >= 15 is 0 Å². The highest BCUT2D eigenvalue weighted by Crippen LogP contribution is 2.30. The summed E-state index contributed by atoms with van der Waals surface area (Å²) in [4.78, 5) is 113. The van der Waals surface area contributed by atoms with Crippen LogP contribution >= 0.6 is 0 Å². The zero-order chi connectivity index (χ0) is 52.7. The van der Waals surface area contributed by atoms with Gasteiger partial charge >= 0.3 is 5.97 Å². The van der Waals surface area contributed by atoms with Gasteiger partial charge in [-0.1, -0.05) is 75.8 Å². The number of ether oxygens (including phenoxy) is 5. The molecule has 23 heteroatoms. The molecule has 4 amide bonds. The number of unbranched alkanes of at least 4 members (excludes halogenated alkanes) is 2. The lowest BCUT2D eigenvalue weighted by atomic mass is 9.88. The summed E-state index contributed by atoms with van der Waals surface area (Å²) in [7, 11) is 0. The zero-order valence-electron chi connectivity index (χ0n) is 42.4. The number of nitrogens with zero attached hydrogens (tertiary/aromatic N) is 4. The number of carbonyl (C=O) groups excluding carboxylic acids is 7. The standard InChI is InChI=1S/C49H79N9O14/c1-4-5-7-15-37(30-42(60)45(35(2)3)54-44(62)34-71-29-27-69-25-21-52-43(61)33-70-28-26-68-24-19-50)46(63)57-23-12-18-40(57)47(64)56-22-11-17-39(56)41(59)31-38(16-10-20-53-49(51)55-58(66)67)48(65)72-32-36-13-8-6-9-14-36/h6,8-9,13-14,35,37-40,45H,4-5,7,10-12,15-34,50H2,1-3H3,(H,52,61)(H,54,62)(H3,51,53,55). The maximum atomic E-state index is 14.5. The molecule has 72 heavy (non-hydrogen) atoms. The Morgan fingerprint density at radius 2 is 1.44 bits per heavy atom. The van der Waals surface area contributed by atoms with E-state index in [0.717, 1.165) is 18.4 Å². The first-order valence-corrected chi connectivity index (χ1v) is 25.3. The molecule has 2 aliphatic heterocycles. The number of nitro groups is 1. The smallest absolute Gasteiger partial charge is 0.309 e. The predicted octanol–water partition coefficient (Wildman–Crippen LogP) is 1.60. The molecule has 2 aliphatic rings. The maximum absolute atomic E-state index is 14.5. The fraction of sp³-hybridized carbons (Fsp3) is 0.714. The van der Waals surface area contributed by atoms with E-state index in [1.165, 1.54) is 4.90 Å². The predicted molar refractivity (Wildman–Crippen MR) is 264 cm³/mol. The second-order valence-corrected chi connectivity index (χ2v) is 18.2. The number of Topliss-reactive ketones (excluding diaryl/α,β-unsaturated/α-hetero) is 2. The van der Waals surface area contributed by atoms with Gasteiger partial charge in [0, 0.05) is 51.5 Å². The average molecular weight is 1020 g/mol. The van der Waals surface area contributed by atoms with Crippen LogP contribution in [0.2, 0.25) is 0 Å². The van der Waals surface area contributed by atoms with E-state index < -0.39 is 52.8 Å². The number of hydrogen-bond acceptors (Lipinski definition) is 16. The minimum Gasteiger partial charge on any atom is -0.461 e. The van der Waals surface area contributed by atoms with Gasteiger partial charge < -0.3 is 55.6 Å². The molecule has 0 aromatic heterocycles. The molecule has 1 aromatic rings. The first kappa shape index (κ1) is 60.7. The van der Waals surface area contributed by atoms with Crippen LogP contribution in [0.4, 0.5) is 0 Å². The van der Waals surface area contributed by atoms with Crippen molar-refractivity contribution in [3.63, 3.8) is 0 Å². The van der Waals surface area contributed by atoms with Gasteiger partial charge in [0.2, 0.25) is 23.6 Å². The molecule has 0 spiro atoms. The van der Waals surface area contributed by atoms with Crippen molar-refractivity contribution in [1.82, 2.24) is 25.9 Å². The topological polar surface area (TPSA) is 316 Å². The van der Waals surface area contributed by atoms with Gasteiger partial charge in [-0.2, -0.15) is 0 Å². The van der Waals surface area contributed by atoms with E-state index in [1.807, 2.05) is 25.1 Å². The quantitative estimate of drug-likeness (QED) is 0.0158. The molecule has 5 atom stereocenters. The lowest BCUT2D eigenvalue weighted by Gasteiger charge is -2.33. The first-order chi connectivity index (χ1) is 34.7. The van der Waals surface area contributed by atoms with Crippen LogP contribution in [0.25, 0.3) is 0 Å². The number of esters is 1. The highest BCUT2D eigenvalue weighted by Gasteiger charge is 2.44. The molecule has 1 aromatic carbocycles. The molecule has 404 valence electrons. The Morgan fingerprint density at radius 1 is 0.806 bits per heavy atom. The summed E-state index contributed by atoms with van der Waals surface area (Å²) in [5, 5.41) is 15.3.